The molecule has 0 aromatic heterocycles. The number of fused-ring (bicyclic) bond motifs is 1. The lowest BCUT2D eigenvalue weighted by atomic mass is 9.98. The number of hydrogen-bond acceptors (Lipinski definition) is 4. The molecule has 4 nitrogen and oxygen atoms in total. The summed E-state index contributed by atoms with van der Waals surface area (Å²) in [5, 5.41) is 0. The zero-order chi connectivity index (χ0) is 27.5. The van der Waals surface area contributed by atoms with Crippen LogP contribution in [0.15, 0.2) is 72.8 Å². The van der Waals surface area contributed by atoms with E-state index in [0.29, 0.717) is 22.5 Å². The number of ether oxygens (including phenoxy) is 2. The Bertz CT molecular complexity index is 1230. The van der Waals surface area contributed by atoms with Crippen molar-refractivity contribution < 1.29 is 44.6 Å². The Labute approximate surface area is 213 Å². The van der Waals surface area contributed by atoms with Crippen LogP contribution in [0.4, 0.5) is 46.5 Å². The Hall–Kier alpha value is -3.70. The summed E-state index contributed by atoms with van der Waals surface area (Å²) in [4.78, 5) is 3.38. The molecule has 0 bridgehead atoms. The van der Waals surface area contributed by atoms with Gasteiger partial charge in [-0.05, 0) is 47.5 Å². The summed E-state index contributed by atoms with van der Waals surface area (Å²) in [6.45, 7) is -3.24. The number of alkyl halides is 8. The third-order valence-electron chi connectivity index (χ3n) is 5.91. The van der Waals surface area contributed by atoms with E-state index in [1.807, 2.05) is 4.90 Å². The zero-order valence-corrected chi connectivity index (χ0v) is 19.6. The molecule has 0 aliphatic carbocycles. The average Bonchev–Trinajstić information content (AvgIpc) is 2.81. The van der Waals surface area contributed by atoms with Crippen LogP contribution >= 0.6 is 0 Å². The fourth-order valence-electron chi connectivity index (χ4n) is 4.47. The second-order valence-electron chi connectivity index (χ2n) is 8.59. The van der Waals surface area contributed by atoms with Crippen LogP contribution in [0.2, 0.25) is 0 Å². The molecule has 1 heterocycles. The highest BCUT2D eigenvalue weighted by Gasteiger charge is 2.36. The number of rotatable bonds is 8. The van der Waals surface area contributed by atoms with E-state index in [1.165, 1.54) is 30.3 Å². The van der Waals surface area contributed by atoms with Gasteiger partial charge in [0, 0.05) is 19.6 Å². The molecule has 0 saturated carbocycles. The molecule has 1 aliphatic rings. The van der Waals surface area contributed by atoms with Gasteiger partial charge in [0.2, 0.25) is 0 Å². The molecule has 1 aliphatic heterocycles. The van der Waals surface area contributed by atoms with Gasteiger partial charge >= 0.3 is 19.2 Å². The number of anilines is 2. The molecule has 4 rings (SSSR count). The van der Waals surface area contributed by atoms with Gasteiger partial charge in [0.05, 0.1) is 23.8 Å². The predicted molar refractivity (Wildman–Crippen MR) is 124 cm³/mol. The maximum atomic E-state index is 13.2. The first kappa shape index (κ1) is 27.3. The molecule has 1 unspecified atom stereocenters. The number of hydrogen-bond donors (Lipinski definition) is 0. The number of nitrogens with zero attached hydrogens (tertiary/aromatic N) is 2. The van der Waals surface area contributed by atoms with Crippen LogP contribution in [-0.2, 0) is 6.54 Å². The normalized spacial score (nSPS) is 16.0. The lowest BCUT2D eigenvalue weighted by Gasteiger charge is -2.45. The fraction of sp³-hybridized carbons (Fsp3) is 0.308. The summed E-state index contributed by atoms with van der Waals surface area (Å²) in [7, 11) is 0. The Kier molecular flexibility index (Phi) is 7.89. The number of para-hydroxylation sites is 2. The van der Waals surface area contributed by atoms with Crippen molar-refractivity contribution in [3.63, 3.8) is 0 Å². The van der Waals surface area contributed by atoms with Gasteiger partial charge in [-0.1, -0.05) is 36.4 Å². The number of benzene rings is 3. The van der Waals surface area contributed by atoms with Crippen molar-refractivity contribution in [1.29, 1.82) is 0 Å². The Morgan fingerprint density at radius 1 is 0.816 bits per heavy atom. The molecular formula is C26H22F8N2O2. The summed E-state index contributed by atoms with van der Waals surface area (Å²) in [6.07, 6.45) is -10.4. The minimum atomic E-state index is -4.87. The second-order valence-corrected chi connectivity index (χ2v) is 8.59. The maximum Gasteiger partial charge on any atom is 0.573 e. The minimum Gasteiger partial charge on any atom is -0.435 e. The molecule has 204 valence electrons. The zero-order valence-electron chi connectivity index (χ0n) is 19.6. The molecule has 1 atom stereocenters. The lowest BCUT2D eigenvalue weighted by Crippen LogP contribution is -2.44. The van der Waals surface area contributed by atoms with E-state index in [4.69, 9.17) is 0 Å². The van der Waals surface area contributed by atoms with E-state index >= 15 is 0 Å². The molecule has 0 N–H and O–H groups in total. The van der Waals surface area contributed by atoms with Gasteiger partial charge in [0.25, 0.3) is 0 Å². The molecule has 0 fully saturated rings. The van der Waals surface area contributed by atoms with E-state index in [1.54, 1.807) is 41.3 Å². The third kappa shape index (κ3) is 7.20. The molecule has 0 radical (unpaired) electrons. The Morgan fingerprint density at radius 2 is 1.50 bits per heavy atom. The SMILES string of the molecule is FC(F)Oc1cccc(C2CN(Cc3cccc(OC(F)(F)F)c3)c3ccccc3N2CCC(F)(F)F)c1. The summed E-state index contributed by atoms with van der Waals surface area (Å²) >= 11 is 0. The molecule has 12 heteroatoms. The van der Waals surface area contributed by atoms with Gasteiger partial charge in [-0.2, -0.15) is 22.0 Å². The van der Waals surface area contributed by atoms with Crippen molar-refractivity contribution in [2.75, 3.05) is 22.9 Å². The van der Waals surface area contributed by atoms with Crippen LogP contribution in [-0.4, -0.2) is 32.2 Å². The van der Waals surface area contributed by atoms with E-state index in [0.717, 1.165) is 6.07 Å². The number of halogens is 8. The quantitative estimate of drug-likeness (QED) is 0.270. The lowest BCUT2D eigenvalue weighted by molar-refractivity contribution is -0.274. The summed E-state index contributed by atoms with van der Waals surface area (Å²) in [5.74, 6) is -0.545. The average molecular weight is 546 g/mol. The van der Waals surface area contributed by atoms with Crippen LogP contribution in [0, 0.1) is 0 Å². The van der Waals surface area contributed by atoms with E-state index < -0.39 is 43.9 Å². The van der Waals surface area contributed by atoms with Crippen molar-refractivity contribution >= 4 is 11.4 Å². The van der Waals surface area contributed by atoms with Gasteiger partial charge in [-0.15, -0.1) is 13.2 Å². The highest BCUT2D eigenvalue weighted by Crippen LogP contribution is 2.43. The highest BCUT2D eigenvalue weighted by molar-refractivity contribution is 5.74. The molecule has 0 spiro atoms. The van der Waals surface area contributed by atoms with Crippen LogP contribution in [0.1, 0.15) is 23.6 Å². The van der Waals surface area contributed by atoms with Crippen LogP contribution in [0.25, 0.3) is 0 Å². The van der Waals surface area contributed by atoms with Crippen molar-refractivity contribution in [2.45, 2.75) is 38.2 Å². The predicted octanol–water partition coefficient (Wildman–Crippen LogP) is 7.71. The minimum absolute atomic E-state index is 0.114. The molecule has 0 amide bonds. The molecule has 3 aromatic carbocycles. The van der Waals surface area contributed by atoms with Gasteiger partial charge in [-0.25, -0.2) is 0 Å². The van der Waals surface area contributed by atoms with Gasteiger partial charge in [0.15, 0.2) is 0 Å². The van der Waals surface area contributed by atoms with Gasteiger partial charge in [0.1, 0.15) is 11.5 Å². The largest absolute Gasteiger partial charge is 0.573 e. The monoisotopic (exact) mass is 546 g/mol. The highest BCUT2D eigenvalue weighted by atomic mass is 19.4. The summed E-state index contributed by atoms with van der Waals surface area (Å²) in [6, 6.07) is 17.2. The topological polar surface area (TPSA) is 24.9 Å². The molecule has 0 saturated heterocycles. The van der Waals surface area contributed by atoms with Crippen LogP contribution in [0.3, 0.4) is 0 Å². The summed E-state index contributed by atoms with van der Waals surface area (Å²) < 4.78 is 112. The van der Waals surface area contributed by atoms with Crippen molar-refractivity contribution in [3.8, 4) is 11.5 Å². The molecule has 38 heavy (non-hydrogen) atoms. The first-order valence-electron chi connectivity index (χ1n) is 11.4. The van der Waals surface area contributed by atoms with Crippen molar-refractivity contribution in [3.05, 3.63) is 83.9 Å². The third-order valence-corrected chi connectivity index (χ3v) is 5.91. The second kappa shape index (κ2) is 11.0. The van der Waals surface area contributed by atoms with E-state index in [2.05, 4.69) is 9.47 Å². The van der Waals surface area contributed by atoms with E-state index in [9.17, 15) is 35.1 Å². The van der Waals surface area contributed by atoms with Gasteiger partial charge in [-0.3, -0.25) is 0 Å². The Morgan fingerprint density at radius 3 is 2.18 bits per heavy atom. The Balaban J connectivity index is 1.71. The van der Waals surface area contributed by atoms with Gasteiger partial charge < -0.3 is 19.3 Å². The maximum absolute atomic E-state index is 13.2. The smallest absolute Gasteiger partial charge is 0.435 e. The van der Waals surface area contributed by atoms with Crippen molar-refractivity contribution in [1.82, 2.24) is 0 Å². The molecule has 3 aromatic rings. The first-order chi connectivity index (χ1) is 17.9. The standard InChI is InChI=1S/C26H22F8N2O2/c27-24(28)37-19-7-4-6-18(14-19)23-16-35(15-17-5-3-8-20(13-17)38-26(32,33)34)21-9-1-2-10-22(21)36(23)12-11-25(29,30)31/h1-10,13-14,23-24H,11-12,15-16H2. The fourth-order valence-corrected chi connectivity index (χ4v) is 4.47. The van der Waals surface area contributed by atoms with E-state index in [-0.39, 0.29) is 18.8 Å². The summed E-state index contributed by atoms with van der Waals surface area (Å²) in [5.41, 5.74) is 1.96. The van der Waals surface area contributed by atoms with Crippen molar-refractivity contribution in [2.24, 2.45) is 0 Å². The van der Waals surface area contributed by atoms with Crippen LogP contribution < -0.4 is 19.3 Å². The molecular weight excluding hydrogens is 524 g/mol. The van der Waals surface area contributed by atoms with Crippen LogP contribution in [0.5, 0.6) is 11.5 Å². The first-order valence-corrected chi connectivity index (χ1v) is 11.4.